The van der Waals surface area contributed by atoms with Crippen LogP contribution in [0.25, 0.3) is 0 Å². The molecule has 0 unspecified atom stereocenters. The molecule has 0 radical (unpaired) electrons. The standard InChI is InChI=1S/C16H16ClFN4O3S/c1-21-14-7-6-11(18)10-15(14)22(26(21,24)25)9-8-19-16(23)20-13-5-3-2-4-12(13)17/h2-7,10H,8-9H2,1H3,(H2,19,20,23). The van der Waals surface area contributed by atoms with Gasteiger partial charge in [0, 0.05) is 19.7 Å². The molecule has 3 rings (SSSR count). The number of anilines is 3. The van der Waals surface area contributed by atoms with Crippen molar-refractivity contribution in [2.24, 2.45) is 0 Å². The Morgan fingerprint density at radius 2 is 1.92 bits per heavy atom. The number of urea groups is 1. The predicted octanol–water partition coefficient (Wildman–Crippen LogP) is 2.80. The summed E-state index contributed by atoms with van der Waals surface area (Å²) in [4.78, 5) is 11.9. The molecule has 0 atom stereocenters. The molecule has 0 aliphatic carbocycles. The highest BCUT2D eigenvalue weighted by molar-refractivity contribution is 7.94. The van der Waals surface area contributed by atoms with Crippen molar-refractivity contribution < 1.29 is 17.6 Å². The molecule has 0 aromatic heterocycles. The summed E-state index contributed by atoms with van der Waals surface area (Å²) in [6.45, 7) is -0.0155. The van der Waals surface area contributed by atoms with Gasteiger partial charge in [-0.2, -0.15) is 8.42 Å². The summed E-state index contributed by atoms with van der Waals surface area (Å²) in [6.07, 6.45) is 0. The number of fused-ring (bicyclic) bond motifs is 1. The van der Waals surface area contributed by atoms with E-state index in [2.05, 4.69) is 10.6 Å². The lowest BCUT2D eigenvalue weighted by atomic mass is 10.2. The van der Waals surface area contributed by atoms with E-state index in [1.54, 1.807) is 24.3 Å². The van der Waals surface area contributed by atoms with Crippen molar-refractivity contribution >= 4 is 44.9 Å². The highest BCUT2D eigenvalue weighted by Crippen LogP contribution is 2.39. The van der Waals surface area contributed by atoms with Gasteiger partial charge in [-0.05, 0) is 24.3 Å². The molecule has 2 amide bonds. The lowest BCUT2D eigenvalue weighted by molar-refractivity contribution is 0.252. The summed E-state index contributed by atoms with van der Waals surface area (Å²) in [6, 6.07) is 9.96. The highest BCUT2D eigenvalue weighted by atomic mass is 35.5. The van der Waals surface area contributed by atoms with E-state index in [9.17, 15) is 17.6 Å². The smallest absolute Gasteiger partial charge is 0.326 e. The van der Waals surface area contributed by atoms with Gasteiger partial charge in [0.15, 0.2) is 0 Å². The number of para-hydroxylation sites is 1. The molecule has 1 aliphatic rings. The maximum atomic E-state index is 13.5. The van der Waals surface area contributed by atoms with Gasteiger partial charge < -0.3 is 10.6 Å². The second-order valence-electron chi connectivity index (χ2n) is 5.54. The molecule has 7 nitrogen and oxygen atoms in total. The van der Waals surface area contributed by atoms with E-state index in [-0.39, 0.29) is 18.8 Å². The molecule has 138 valence electrons. The molecule has 0 fully saturated rings. The van der Waals surface area contributed by atoms with E-state index in [1.165, 1.54) is 19.2 Å². The molecule has 2 aromatic rings. The third-order valence-corrected chi connectivity index (χ3v) is 6.05. The molecule has 1 aliphatic heterocycles. The minimum Gasteiger partial charge on any atom is -0.336 e. The number of halogens is 2. The van der Waals surface area contributed by atoms with Crippen LogP contribution in [0.5, 0.6) is 0 Å². The molecular weight excluding hydrogens is 383 g/mol. The van der Waals surface area contributed by atoms with Crippen LogP contribution in [0.2, 0.25) is 5.02 Å². The zero-order chi connectivity index (χ0) is 18.9. The molecular formula is C16H16ClFN4O3S. The molecule has 0 saturated carbocycles. The van der Waals surface area contributed by atoms with Crippen LogP contribution in [-0.2, 0) is 10.2 Å². The third-order valence-electron chi connectivity index (χ3n) is 3.89. The van der Waals surface area contributed by atoms with Crippen molar-refractivity contribution in [2.75, 3.05) is 34.1 Å². The fourth-order valence-electron chi connectivity index (χ4n) is 2.59. The molecule has 2 N–H and O–H groups in total. The number of carbonyl (C=O) groups excluding carboxylic acids is 1. The monoisotopic (exact) mass is 398 g/mol. The van der Waals surface area contributed by atoms with Crippen molar-refractivity contribution in [1.29, 1.82) is 0 Å². The Hall–Kier alpha value is -2.52. The summed E-state index contributed by atoms with van der Waals surface area (Å²) >= 11 is 5.96. The number of hydrogen-bond donors (Lipinski definition) is 2. The minimum absolute atomic E-state index is 0.0271. The van der Waals surface area contributed by atoms with Crippen LogP contribution in [0.15, 0.2) is 42.5 Å². The van der Waals surface area contributed by atoms with Gasteiger partial charge in [-0.3, -0.25) is 4.31 Å². The largest absolute Gasteiger partial charge is 0.336 e. The molecule has 1 heterocycles. The number of nitrogens with zero attached hydrogens (tertiary/aromatic N) is 2. The Bertz CT molecular complexity index is 954. The Balaban J connectivity index is 1.65. The van der Waals surface area contributed by atoms with Crippen LogP contribution in [0.4, 0.5) is 26.2 Å². The predicted molar refractivity (Wildman–Crippen MR) is 99.5 cm³/mol. The SMILES string of the molecule is CN1c2ccc(F)cc2N(CCNC(=O)Nc2ccccc2Cl)S1(=O)=O. The summed E-state index contributed by atoms with van der Waals surface area (Å²) in [5.74, 6) is -0.538. The van der Waals surface area contributed by atoms with Crippen LogP contribution in [0.1, 0.15) is 0 Å². The zero-order valence-electron chi connectivity index (χ0n) is 13.7. The van der Waals surface area contributed by atoms with Crippen molar-refractivity contribution in [3.63, 3.8) is 0 Å². The van der Waals surface area contributed by atoms with E-state index in [1.807, 2.05) is 0 Å². The van der Waals surface area contributed by atoms with E-state index in [0.717, 1.165) is 14.7 Å². The molecule has 0 bridgehead atoms. The summed E-state index contributed by atoms with van der Waals surface area (Å²) in [7, 11) is -2.41. The Kier molecular flexibility index (Phi) is 4.92. The Labute approximate surface area is 155 Å². The topological polar surface area (TPSA) is 81.8 Å². The van der Waals surface area contributed by atoms with Gasteiger partial charge in [-0.1, -0.05) is 23.7 Å². The Morgan fingerprint density at radius 3 is 2.65 bits per heavy atom. The van der Waals surface area contributed by atoms with Crippen LogP contribution >= 0.6 is 11.6 Å². The van der Waals surface area contributed by atoms with E-state index in [4.69, 9.17) is 11.6 Å². The fourth-order valence-corrected chi connectivity index (χ4v) is 4.19. The van der Waals surface area contributed by atoms with E-state index in [0.29, 0.717) is 16.4 Å². The highest BCUT2D eigenvalue weighted by Gasteiger charge is 2.37. The number of carbonyl (C=O) groups is 1. The van der Waals surface area contributed by atoms with Gasteiger partial charge in [0.05, 0.1) is 28.6 Å². The second-order valence-corrected chi connectivity index (χ2v) is 7.83. The Morgan fingerprint density at radius 1 is 1.19 bits per heavy atom. The maximum absolute atomic E-state index is 13.5. The van der Waals surface area contributed by atoms with E-state index < -0.39 is 22.1 Å². The average molecular weight is 399 g/mol. The summed E-state index contributed by atoms with van der Waals surface area (Å²) in [5.41, 5.74) is 1.06. The van der Waals surface area contributed by atoms with Crippen molar-refractivity contribution in [3.05, 3.63) is 53.3 Å². The second kappa shape index (κ2) is 7.00. The first-order valence-electron chi connectivity index (χ1n) is 7.66. The normalized spacial score (nSPS) is 14.9. The van der Waals surface area contributed by atoms with Gasteiger partial charge in [-0.15, -0.1) is 0 Å². The van der Waals surface area contributed by atoms with Gasteiger partial charge in [0.2, 0.25) is 0 Å². The van der Waals surface area contributed by atoms with Crippen molar-refractivity contribution in [1.82, 2.24) is 5.32 Å². The first kappa shape index (κ1) is 18.3. The summed E-state index contributed by atoms with van der Waals surface area (Å²) < 4.78 is 40.6. The lowest BCUT2D eigenvalue weighted by Gasteiger charge is -2.19. The molecule has 2 aromatic carbocycles. The summed E-state index contributed by atoms with van der Waals surface area (Å²) in [5, 5.41) is 5.51. The van der Waals surface area contributed by atoms with Crippen LogP contribution in [-0.4, -0.2) is 34.6 Å². The number of benzene rings is 2. The number of hydrogen-bond acceptors (Lipinski definition) is 3. The maximum Gasteiger partial charge on any atom is 0.326 e. The lowest BCUT2D eigenvalue weighted by Crippen LogP contribution is -2.41. The van der Waals surface area contributed by atoms with Crippen molar-refractivity contribution in [2.45, 2.75) is 0 Å². The van der Waals surface area contributed by atoms with Crippen LogP contribution < -0.4 is 19.2 Å². The average Bonchev–Trinajstić information content (AvgIpc) is 2.77. The minimum atomic E-state index is -3.80. The van der Waals surface area contributed by atoms with Gasteiger partial charge in [0.1, 0.15) is 5.82 Å². The third kappa shape index (κ3) is 3.40. The molecule has 0 spiro atoms. The quantitative estimate of drug-likeness (QED) is 0.830. The number of rotatable bonds is 4. The fraction of sp³-hybridized carbons (Fsp3) is 0.188. The van der Waals surface area contributed by atoms with Gasteiger partial charge >= 0.3 is 16.2 Å². The van der Waals surface area contributed by atoms with Gasteiger partial charge in [0.25, 0.3) is 0 Å². The van der Waals surface area contributed by atoms with Crippen LogP contribution in [0, 0.1) is 5.82 Å². The first-order valence-corrected chi connectivity index (χ1v) is 9.44. The molecule has 0 saturated heterocycles. The number of nitrogens with one attached hydrogen (secondary N) is 2. The number of amides is 2. The van der Waals surface area contributed by atoms with E-state index >= 15 is 0 Å². The molecule has 26 heavy (non-hydrogen) atoms. The van der Waals surface area contributed by atoms with Gasteiger partial charge in [-0.25, -0.2) is 13.5 Å². The van der Waals surface area contributed by atoms with Crippen molar-refractivity contribution in [3.8, 4) is 0 Å². The molecule has 10 heteroatoms. The van der Waals surface area contributed by atoms with Crippen LogP contribution in [0.3, 0.4) is 0 Å². The first-order chi connectivity index (χ1) is 12.3. The zero-order valence-corrected chi connectivity index (χ0v) is 15.3.